The molecular formula is C15H23BrN2. The second-order valence-corrected chi connectivity index (χ2v) is 6.02. The van der Waals surface area contributed by atoms with Gasteiger partial charge in [-0.15, -0.1) is 0 Å². The average molecular weight is 311 g/mol. The molecule has 1 saturated carbocycles. The molecule has 1 aromatic rings. The van der Waals surface area contributed by atoms with Crippen LogP contribution in [-0.2, 0) is 6.54 Å². The lowest BCUT2D eigenvalue weighted by molar-refractivity contribution is 0.156. The van der Waals surface area contributed by atoms with E-state index < -0.39 is 0 Å². The lowest BCUT2D eigenvalue weighted by atomic mass is 9.94. The first kappa shape index (κ1) is 13.9. The molecule has 3 heteroatoms. The Morgan fingerprint density at radius 3 is 2.61 bits per heavy atom. The molecule has 1 aliphatic carbocycles. The van der Waals surface area contributed by atoms with Gasteiger partial charge in [0.1, 0.15) is 0 Å². The summed E-state index contributed by atoms with van der Waals surface area (Å²) in [5.41, 5.74) is 8.24. The molecular weight excluding hydrogens is 288 g/mol. The lowest BCUT2D eigenvalue weighted by Crippen LogP contribution is -2.36. The van der Waals surface area contributed by atoms with Crippen LogP contribution in [0.5, 0.6) is 0 Å². The van der Waals surface area contributed by atoms with E-state index in [0.29, 0.717) is 0 Å². The van der Waals surface area contributed by atoms with E-state index in [1.54, 1.807) is 0 Å². The van der Waals surface area contributed by atoms with Gasteiger partial charge in [-0.1, -0.05) is 48.2 Å². The minimum absolute atomic E-state index is 0.746. The standard InChI is InChI=1S/C15H23BrN2/c1-2-18(12-7-4-3-5-8-12)11-13-14(16)9-6-10-15(13)17/h6,9-10,12H,2-5,7-8,11,17H2,1H3. The predicted molar refractivity (Wildman–Crippen MR) is 81.5 cm³/mol. The van der Waals surface area contributed by atoms with Crippen molar-refractivity contribution in [2.45, 2.75) is 51.6 Å². The Kier molecular flexibility index (Phi) is 5.07. The molecule has 2 rings (SSSR count). The molecule has 0 radical (unpaired) electrons. The Morgan fingerprint density at radius 2 is 2.00 bits per heavy atom. The van der Waals surface area contributed by atoms with E-state index >= 15 is 0 Å². The van der Waals surface area contributed by atoms with Crippen LogP contribution in [0.15, 0.2) is 22.7 Å². The number of anilines is 1. The van der Waals surface area contributed by atoms with Crippen molar-refractivity contribution in [3.63, 3.8) is 0 Å². The van der Waals surface area contributed by atoms with Gasteiger partial charge in [-0.2, -0.15) is 0 Å². The minimum atomic E-state index is 0.746. The highest BCUT2D eigenvalue weighted by atomic mass is 79.9. The number of hydrogen-bond acceptors (Lipinski definition) is 2. The SMILES string of the molecule is CCN(Cc1c(N)cccc1Br)C1CCCCC1. The summed E-state index contributed by atoms with van der Waals surface area (Å²) in [4.78, 5) is 2.58. The Balaban J connectivity index is 2.09. The van der Waals surface area contributed by atoms with Crippen molar-refractivity contribution < 1.29 is 0 Å². The Hall–Kier alpha value is -0.540. The molecule has 0 bridgehead atoms. The van der Waals surface area contributed by atoms with E-state index in [0.717, 1.165) is 29.3 Å². The van der Waals surface area contributed by atoms with Gasteiger partial charge in [0.05, 0.1) is 0 Å². The molecule has 0 heterocycles. The van der Waals surface area contributed by atoms with Gasteiger partial charge in [0.15, 0.2) is 0 Å². The quantitative estimate of drug-likeness (QED) is 0.845. The fourth-order valence-corrected chi connectivity index (χ4v) is 3.40. The van der Waals surface area contributed by atoms with Crippen LogP contribution in [0.4, 0.5) is 5.69 Å². The van der Waals surface area contributed by atoms with E-state index in [2.05, 4.69) is 33.8 Å². The second kappa shape index (κ2) is 6.58. The van der Waals surface area contributed by atoms with Crippen LogP contribution in [0.25, 0.3) is 0 Å². The van der Waals surface area contributed by atoms with Crippen molar-refractivity contribution in [2.75, 3.05) is 12.3 Å². The van der Waals surface area contributed by atoms with Crippen molar-refractivity contribution in [3.05, 3.63) is 28.2 Å². The second-order valence-electron chi connectivity index (χ2n) is 5.16. The molecule has 0 amide bonds. The molecule has 1 aliphatic rings. The summed E-state index contributed by atoms with van der Waals surface area (Å²) < 4.78 is 1.14. The first-order valence-electron chi connectivity index (χ1n) is 6.99. The zero-order valence-electron chi connectivity index (χ0n) is 11.2. The Labute approximate surface area is 119 Å². The van der Waals surface area contributed by atoms with Crippen LogP contribution in [0.2, 0.25) is 0 Å². The van der Waals surface area contributed by atoms with Crippen LogP contribution >= 0.6 is 15.9 Å². The summed E-state index contributed by atoms with van der Waals surface area (Å²) in [6, 6.07) is 6.82. The third-order valence-corrected chi connectivity index (χ3v) is 4.76. The average Bonchev–Trinajstić information content (AvgIpc) is 2.40. The highest BCUT2D eigenvalue weighted by Gasteiger charge is 2.21. The third kappa shape index (κ3) is 3.27. The van der Waals surface area contributed by atoms with E-state index in [4.69, 9.17) is 5.73 Å². The number of rotatable bonds is 4. The summed E-state index contributed by atoms with van der Waals surface area (Å²) in [7, 11) is 0. The van der Waals surface area contributed by atoms with Gasteiger partial charge in [0, 0.05) is 28.3 Å². The van der Waals surface area contributed by atoms with Crippen LogP contribution in [-0.4, -0.2) is 17.5 Å². The number of halogens is 1. The van der Waals surface area contributed by atoms with Gasteiger partial charge in [-0.25, -0.2) is 0 Å². The van der Waals surface area contributed by atoms with Gasteiger partial charge in [0.2, 0.25) is 0 Å². The van der Waals surface area contributed by atoms with E-state index in [1.807, 2.05) is 12.1 Å². The fourth-order valence-electron chi connectivity index (χ4n) is 2.89. The Morgan fingerprint density at radius 1 is 1.28 bits per heavy atom. The van der Waals surface area contributed by atoms with Crippen LogP contribution in [0.1, 0.15) is 44.6 Å². The molecule has 0 atom stereocenters. The molecule has 0 unspecified atom stereocenters. The maximum absolute atomic E-state index is 6.10. The molecule has 100 valence electrons. The van der Waals surface area contributed by atoms with Crippen LogP contribution in [0, 0.1) is 0 Å². The summed E-state index contributed by atoms with van der Waals surface area (Å²) in [5, 5.41) is 0. The largest absolute Gasteiger partial charge is 0.398 e. The number of nitrogen functional groups attached to an aromatic ring is 1. The van der Waals surface area contributed by atoms with Gasteiger partial charge >= 0.3 is 0 Å². The van der Waals surface area contributed by atoms with E-state index in [-0.39, 0.29) is 0 Å². The van der Waals surface area contributed by atoms with Crippen molar-refractivity contribution >= 4 is 21.6 Å². The summed E-state index contributed by atoms with van der Waals surface area (Å²) in [6.07, 6.45) is 6.86. The number of nitrogens with zero attached hydrogens (tertiary/aromatic N) is 1. The predicted octanol–water partition coefficient (Wildman–Crippen LogP) is 4.19. The molecule has 1 aromatic carbocycles. The van der Waals surface area contributed by atoms with E-state index in [9.17, 15) is 0 Å². The third-order valence-electron chi connectivity index (χ3n) is 4.01. The molecule has 0 aliphatic heterocycles. The fraction of sp³-hybridized carbons (Fsp3) is 0.600. The minimum Gasteiger partial charge on any atom is -0.398 e. The molecule has 2 nitrogen and oxygen atoms in total. The van der Waals surface area contributed by atoms with Crippen molar-refractivity contribution in [3.8, 4) is 0 Å². The summed E-state index contributed by atoms with van der Waals surface area (Å²) in [5.74, 6) is 0. The topological polar surface area (TPSA) is 29.3 Å². The highest BCUT2D eigenvalue weighted by Crippen LogP contribution is 2.28. The monoisotopic (exact) mass is 310 g/mol. The van der Waals surface area contributed by atoms with Crippen molar-refractivity contribution in [2.24, 2.45) is 0 Å². The number of hydrogen-bond donors (Lipinski definition) is 1. The first-order chi connectivity index (χ1) is 8.72. The molecule has 2 N–H and O–H groups in total. The van der Waals surface area contributed by atoms with Crippen molar-refractivity contribution in [1.82, 2.24) is 4.90 Å². The Bertz CT molecular complexity index is 366. The summed E-state index contributed by atoms with van der Waals surface area (Å²) in [6.45, 7) is 4.32. The zero-order chi connectivity index (χ0) is 13.0. The van der Waals surface area contributed by atoms with Crippen LogP contribution < -0.4 is 5.73 Å². The van der Waals surface area contributed by atoms with Gasteiger partial charge < -0.3 is 5.73 Å². The molecule has 0 spiro atoms. The molecule has 18 heavy (non-hydrogen) atoms. The summed E-state index contributed by atoms with van der Waals surface area (Å²) >= 11 is 3.62. The molecule has 0 saturated heterocycles. The maximum Gasteiger partial charge on any atom is 0.0371 e. The first-order valence-corrected chi connectivity index (χ1v) is 7.78. The normalized spacial score (nSPS) is 17.3. The van der Waals surface area contributed by atoms with E-state index in [1.165, 1.54) is 37.7 Å². The number of benzene rings is 1. The van der Waals surface area contributed by atoms with Crippen LogP contribution in [0.3, 0.4) is 0 Å². The van der Waals surface area contributed by atoms with Gasteiger partial charge in [-0.3, -0.25) is 4.90 Å². The van der Waals surface area contributed by atoms with Crippen molar-refractivity contribution in [1.29, 1.82) is 0 Å². The lowest BCUT2D eigenvalue weighted by Gasteiger charge is -2.34. The van der Waals surface area contributed by atoms with Gasteiger partial charge in [0.25, 0.3) is 0 Å². The molecule has 0 aromatic heterocycles. The maximum atomic E-state index is 6.10. The zero-order valence-corrected chi connectivity index (χ0v) is 12.7. The smallest absolute Gasteiger partial charge is 0.0371 e. The van der Waals surface area contributed by atoms with Gasteiger partial charge in [-0.05, 0) is 31.5 Å². The molecule has 1 fully saturated rings. The highest BCUT2D eigenvalue weighted by molar-refractivity contribution is 9.10. The number of nitrogens with two attached hydrogens (primary N) is 1.